The molecule has 0 aliphatic carbocycles. The molecule has 0 amide bonds. The van der Waals surface area contributed by atoms with Gasteiger partial charge in [-0.15, -0.1) is 0 Å². The lowest BCUT2D eigenvalue weighted by atomic mass is 10.2. The number of furan rings is 1. The van der Waals surface area contributed by atoms with Crippen molar-refractivity contribution in [2.45, 2.75) is 39.1 Å². The minimum atomic E-state index is 0.311. The fourth-order valence-electron chi connectivity index (χ4n) is 2.41. The molecule has 17 heavy (non-hydrogen) atoms. The van der Waals surface area contributed by atoms with Crippen molar-refractivity contribution in [2.24, 2.45) is 0 Å². The summed E-state index contributed by atoms with van der Waals surface area (Å²) in [4.78, 5) is 2.39. The summed E-state index contributed by atoms with van der Waals surface area (Å²) in [6.07, 6.45) is 0.621. The molecule has 0 saturated carbocycles. The van der Waals surface area contributed by atoms with Crippen LogP contribution in [0.5, 0.6) is 0 Å². The minimum Gasteiger partial charge on any atom is -0.463 e. The lowest BCUT2D eigenvalue weighted by molar-refractivity contribution is -0.0718. The second kappa shape index (κ2) is 5.67. The fourth-order valence-corrected chi connectivity index (χ4v) is 2.41. The van der Waals surface area contributed by atoms with Crippen LogP contribution in [0.1, 0.15) is 25.4 Å². The highest BCUT2D eigenvalue weighted by Crippen LogP contribution is 2.15. The number of hydrogen-bond acceptors (Lipinski definition) is 4. The number of nitrogens with one attached hydrogen (secondary N) is 1. The van der Waals surface area contributed by atoms with E-state index < -0.39 is 0 Å². The molecule has 2 atom stereocenters. The summed E-state index contributed by atoms with van der Waals surface area (Å²) in [5, 5.41) is 3.09. The Hall–Kier alpha value is -0.840. The maximum absolute atomic E-state index is 5.75. The smallest absolute Gasteiger partial charge is 0.118 e. The molecule has 1 aromatic heterocycles. The monoisotopic (exact) mass is 238 g/mol. The van der Waals surface area contributed by atoms with Crippen molar-refractivity contribution in [3.8, 4) is 0 Å². The highest BCUT2D eigenvalue weighted by Gasteiger charge is 2.22. The van der Waals surface area contributed by atoms with E-state index in [1.54, 1.807) is 0 Å². The van der Waals surface area contributed by atoms with Crippen LogP contribution in [-0.4, -0.2) is 37.2 Å². The zero-order chi connectivity index (χ0) is 12.3. The van der Waals surface area contributed by atoms with Crippen LogP contribution in [0.15, 0.2) is 16.5 Å². The molecule has 2 heterocycles. The molecule has 1 aromatic rings. The summed E-state index contributed by atoms with van der Waals surface area (Å²) >= 11 is 0. The molecule has 0 unspecified atom stereocenters. The molecule has 1 fully saturated rings. The molecule has 0 radical (unpaired) electrons. The van der Waals surface area contributed by atoms with E-state index in [1.165, 1.54) is 0 Å². The van der Waals surface area contributed by atoms with Crippen LogP contribution in [0.4, 0.5) is 0 Å². The van der Waals surface area contributed by atoms with Crippen LogP contribution in [-0.2, 0) is 17.8 Å². The molecular weight excluding hydrogens is 216 g/mol. The minimum absolute atomic E-state index is 0.311. The van der Waals surface area contributed by atoms with Crippen molar-refractivity contribution in [3.63, 3.8) is 0 Å². The normalized spacial score (nSPS) is 26.3. The number of morpholine rings is 1. The van der Waals surface area contributed by atoms with Crippen molar-refractivity contribution in [1.82, 2.24) is 10.2 Å². The van der Waals surface area contributed by atoms with Gasteiger partial charge in [0.25, 0.3) is 0 Å². The van der Waals surface area contributed by atoms with Crippen molar-refractivity contribution in [1.29, 1.82) is 0 Å². The predicted molar refractivity (Wildman–Crippen MR) is 66.8 cm³/mol. The SMILES string of the molecule is CNCc1ccc(CN2C[C@@H](C)O[C@@H](C)C2)o1. The standard InChI is InChI=1S/C13H22N2O2/c1-10-7-15(8-11(2)16-10)9-13-5-4-12(17-13)6-14-3/h4-5,10-11,14H,6-9H2,1-3H3/t10-,11+. The third kappa shape index (κ3) is 3.56. The summed E-state index contributed by atoms with van der Waals surface area (Å²) < 4.78 is 11.5. The summed E-state index contributed by atoms with van der Waals surface area (Å²) in [6, 6.07) is 4.11. The van der Waals surface area contributed by atoms with Gasteiger partial charge in [-0.2, -0.15) is 0 Å². The first kappa shape index (κ1) is 12.6. The zero-order valence-corrected chi connectivity index (χ0v) is 10.9. The van der Waals surface area contributed by atoms with Crippen LogP contribution in [0.25, 0.3) is 0 Å². The molecule has 0 bridgehead atoms. The summed E-state index contributed by atoms with van der Waals surface area (Å²) in [5.74, 6) is 2.04. The quantitative estimate of drug-likeness (QED) is 0.864. The van der Waals surface area contributed by atoms with Crippen molar-refractivity contribution >= 4 is 0 Å². The molecule has 1 N–H and O–H groups in total. The van der Waals surface area contributed by atoms with E-state index in [9.17, 15) is 0 Å². The van der Waals surface area contributed by atoms with E-state index in [4.69, 9.17) is 9.15 Å². The van der Waals surface area contributed by atoms with Gasteiger partial charge in [-0.3, -0.25) is 4.90 Å². The first-order valence-electron chi connectivity index (χ1n) is 6.27. The van der Waals surface area contributed by atoms with E-state index in [1.807, 2.05) is 13.1 Å². The lowest BCUT2D eigenvalue weighted by Gasteiger charge is -2.34. The van der Waals surface area contributed by atoms with Crippen molar-refractivity contribution in [3.05, 3.63) is 23.7 Å². The average Bonchev–Trinajstić information content (AvgIpc) is 2.64. The number of nitrogens with zero attached hydrogens (tertiary/aromatic N) is 1. The molecule has 1 saturated heterocycles. The van der Waals surface area contributed by atoms with Gasteiger partial charge < -0.3 is 14.5 Å². The third-order valence-corrected chi connectivity index (χ3v) is 2.94. The number of ether oxygens (including phenoxy) is 1. The van der Waals surface area contributed by atoms with Gasteiger partial charge >= 0.3 is 0 Å². The lowest BCUT2D eigenvalue weighted by Crippen LogP contribution is -2.44. The first-order chi connectivity index (χ1) is 8.17. The molecule has 4 heteroatoms. The number of hydrogen-bond donors (Lipinski definition) is 1. The van der Waals surface area contributed by atoms with Gasteiger partial charge in [0.05, 0.1) is 25.3 Å². The van der Waals surface area contributed by atoms with Crippen molar-refractivity contribution < 1.29 is 9.15 Å². The first-order valence-corrected chi connectivity index (χ1v) is 6.27. The maximum atomic E-state index is 5.75. The Morgan fingerprint density at radius 3 is 2.53 bits per heavy atom. The molecule has 0 aromatic carbocycles. The van der Waals surface area contributed by atoms with E-state index in [2.05, 4.69) is 30.1 Å². The summed E-state index contributed by atoms with van der Waals surface area (Å²) in [7, 11) is 1.92. The molecular formula is C13H22N2O2. The Bertz CT molecular complexity index is 341. The van der Waals surface area contributed by atoms with E-state index in [0.29, 0.717) is 12.2 Å². The Morgan fingerprint density at radius 2 is 1.88 bits per heavy atom. The van der Waals surface area contributed by atoms with Gasteiger partial charge in [0.15, 0.2) is 0 Å². The molecule has 96 valence electrons. The topological polar surface area (TPSA) is 37.6 Å². The van der Waals surface area contributed by atoms with Gasteiger partial charge in [0.2, 0.25) is 0 Å². The highest BCUT2D eigenvalue weighted by atomic mass is 16.5. The maximum Gasteiger partial charge on any atom is 0.118 e. The van der Waals surface area contributed by atoms with E-state index in [-0.39, 0.29) is 0 Å². The molecule has 4 nitrogen and oxygen atoms in total. The van der Waals surface area contributed by atoms with Gasteiger partial charge in [0, 0.05) is 13.1 Å². The van der Waals surface area contributed by atoms with Crippen LogP contribution < -0.4 is 5.32 Å². The zero-order valence-electron chi connectivity index (χ0n) is 10.9. The molecule has 2 rings (SSSR count). The van der Waals surface area contributed by atoms with Gasteiger partial charge in [0.1, 0.15) is 11.5 Å². The van der Waals surface area contributed by atoms with Gasteiger partial charge in [-0.25, -0.2) is 0 Å². The summed E-state index contributed by atoms with van der Waals surface area (Å²) in [6.45, 7) is 7.87. The Labute approximate surface area is 103 Å². The number of rotatable bonds is 4. The molecule has 1 aliphatic rings. The highest BCUT2D eigenvalue weighted by molar-refractivity contribution is 5.07. The second-order valence-corrected chi connectivity index (χ2v) is 4.85. The Kier molecular flexibility index (Phi) is 4.20. The van der Waals surface area contributed by atoms with Crippen LogP contribution in [0, 0.1) is 0 Å². The van der Waals surface area contributed by atoms with Gasteiger partial charge in [-0.1, -0.05) is 0 Å². The summed E-state index contributed by atoms with van der Waals surface area (Å²) in [5.41, 5.74) is 0. The van der Waals surface area contributed by atoms with Crippen molar-refractivity contribution in [2.75, 3.05) is 20.1 Å². The predicted octanol–water partition coefficient (Wildman–Crippen LogP) is 1.61. The average molecular weight is 238 g/mol. The largest absolute Gasteiger partial charge is 0.463 e. The van der Waals surface area contributed by atoms with Crippen LogP contribution >= 0.6 is 0 Å². The Balaban J connectivity index is 1.90. The van der Waals surface area contributed by atoms with E-state index in [0.717, 1.165) is 37.7 Å². The third-order valence-electron chi connectivity index (χ3n) is 2.94. The fraction of sp³-hybridized carbons (Fsp3) is 0.692. The second-order valence-electron chi connectivity index (χ2n) is 4.85. The van der Waals surface area contributed by atoms with Crippen LogP contribution in [0.2, 0.25) is 0 Å². The molecule has 0 spiro atoms. The van der Waals surface area contributed by atoms with Crippen LogP contribution in [0.3, 0.4) is 0 Å². The Morgan fingerprint density at radius 1 is 1.24 bits per heavy atom. The van der Waals surface area contributed by atoms with E-state index >= 15 is 0 Å². The van der Waals surface area contributed by atoms with Gasteiger partial charge in [-0.05, 0) is 33.0 Å². The molecule has 1 aliphatic heterocycles.